The molecule has 0 bridgehead atoms. The number of rotatable bonds is 6. The Morgan fingerprint density at radius 2 is 2.14 bits per heavy atom. The van der Waals surface area contributed by atoms with E-state index in [4.69, 9.17) is 0 Å². The Kier molecular flexibility index (Phi) is 4.50. The van der Waals surface area contributed by atoms with Crippen LogP contribution in [0.25, 0.3) is 0 Å². The summed E-state index contributed by atoms with van der Waals surface area (Å²) >= 11 is 0. The lowest BCUT2D eigenvalue weighted by molar-refractivity contribution is -0.387. The largest absolute Gasteiger partial charge is 0.349 e. The molecule has 7 heteroatoms. The number of amides is 1. The summed E-state index contributed by atoms with van der Waals surface area (Å²) in [5, 5.41) is 13.2. The molecule has 1 saturated carbocycles. The van der Waals surface area contributed by atoms with Crippen LogP contribution in [0, 0.1) is 27.7 Å². The Hall–Kier alpha value is -2.05. The summed E-state index contributed by atoms with van der Waals surface area (Å²) in [4.78, 5) is 21.7. The Labute approximate surface area is 120 Å². The minimum absolute atomic E-state index is 0.178. The standard InChI is InChI=1S/C14H16F2N2O3/c1-2-9(7-8-3-4-8)17-14(19)12-10(15)5-6-11(13(12)16)18(20)21/h5-6,8-9H,2-4,7H2,1H3,(H,17,19). The van der Waals surface area contributed by atoms with Gasteiger partial charge in [-0.15, -0.1) is 0 Å². The molecule has 0 aromatic heterocycles. The molecule has 1 atom stereocenters. The first-order valence-corrected chi connectivity index (χ1v) is 6.87. The molecule has 0 spiro atoms. The number of carbonyl (C=O) groups excluding carboxylic acids is 1. The van der Waals surface area contributed by atoms with Crippen molar-refractivity contribution in [2.75, 3.05) is 0 Å². The van der Waals surface area contributed by atoms with Crippen LogP contribution in [-0.4, -0.2) is 16.9 Å². The van der Waals surface area contributed by atoms with Crippen molar-refractivity contribution in [2.24, 2.45) is 5.92 Å². The van der Waals surface area contributed by atoms with Gasteiger partial charge in [-0.25, -0.2) is 4.39 Å². The van der Waals surface area contributed by atoms with Gasteiger partial charge in [-0.05, 0) is 24.8 Å². The molecule has 2 rings (SSSR count). The summed E-state index contributed by atoms with van der Waals surface area (Å²) in [7, 11) is 0. The molecule has 0 heterocycles. The maximum absolute atomic E-state index is 13.9. The van der Waals surface area contributed by atoms with Crippen LogP contribution in [0.5, 0.6) is 0 Å². The lowest BCUT2D eigenvalue weighted by atomic mass is 10.1. The van der Waals surface area contributed by atoms with E-state index in [1.54, 1.807) is 0 Å². The minimum atomic E-state index is -1.43. The number of carbonyl (C=O) groups is 1. The monoisotopic (exact) mass is 298 g/mol. The van der Waals surface area contributed by atoms with Gasteiger partial charge in [0.25, 0.3) is 5.91 Å². The molecule has 1 aliphatic rings. The number of nitrogens with zero attached hydrogens (tertiary/aromatic N) is 1. The van der Waals surface area contributed by atoms with Crippen LogP contribution in [0.1, 0.15) is 43.0 Å². The van der Waals surface area contributed by atoms with Gasteiger partial charge in [0.15, 0.2) is 0 Å². The van der Waals surface area contributed by atoms with E-state index in [2.05, 4.69) is 5.32 Å². The second-order valence-electron chi connectivity index (χ2n) is 5.27. The fourth-order valence-corrected chi connectivity index (χ4v) is 2.23. The Balaban J connectivity index is 2.21. The van der Waals surface area contributed by atoms with Crippen LogP contribution in [0.15, 0.2) is 12.1 Å². The third kappa shape index (κ3) is 3.53. The molecule has 0 aliphatic heterocycles. The van der Waals surface area contributed by atoms with Crippen molar-refractivity contribution in [3.63, 3.8) is 0 Å². The third-order valence-electron chi connectivity index (χ3n) is 3.64. The van der Waals surface area contributed by atoms with Crippen molar-refractivity contribution >= 4 is 11.6 Å². The maximum Gasteiger partial charge on any atom is 0.305 e. The van der Waals surface area contributed by atoms with Gasteiger partial charge in [0.05, 0.1) is 4.92 Å². The molecule has 114 valence electrons. The van der Waals surface area contributed by atoms with Crippen LogP contribution in [-0.2, 0) is 0 Å². The Morgan fingerprint density at radius 3 is 2.67 bits per heavy atom. The molecule has 0 radical (unpaired) electrons. The zero-order valence-electron chi connectivity index (χ0n) is 11.6. The van der Waals surface area contributed by atoms with E-state index >= 15 is 0 Å². The Morgan fingerprint density at radius 1 is 1.48 bits per heavy atom. The quantitative estimate of drug-likeness (QED) is 0.647. The molecule has 1 N–H and O–H groups in total. The molecule has 1 fully saturated rings. The molecule has 21 heavy (non-hydrogen) atoms. The normalized spacial score (nSPS) is 15.6. The highest BCUT2D eigenvalue weighted by molar-refractivity contribution is 5.95. The average Bonchev–Trinajstić information content (AvgIpc) is 3.21. The summed E-state index contributed by atoms with van der Waals surface area (Å²) in [6.45, 7) is 1.87. The van der Waals surface area contributed by atoms with Crippen LogP contribution in [0.3, 0.4) is 0 Å². The topological polar surface area (TPSA) is 72.2 Å². The minimum Gasteiger partial charge on any atom is -0.349 e. The second kappa shape index (κ2) is 6.15. The first-order valence-electron chi connectivity index (χ1n) is 6.87. The summed E-state index contributed by atoms with van der Waals surface area (Å²) in [6, 6.07) is 1.27. The Bertz CT molecular complexity index is 574. The predicted molar refractivity (Wildman–Crippen MR) is 71.9 cm³/mol. The molecule has 1 unspecified atom stereocenters. The maximum atomic E-state index is 13.9. The molecule has 1 aromatic carbocycles. The number of hydrogen-bond donors (Lipinski definition) is 1. The van der Waals surface area contributed by atoms with Crippen LogP contribution in [0.4, 0.5) is 14.5 Å². The van der Waals surface area contributed by atoms with Crippen molar-refractivity contribution < 1.29 is 18.5 Å². The van der Waals surface area contributed by atoms with Gasteiger partial charge in [0.2, 0.25) is 5.82 Å². The fourth-order valence-electron chi connectivity index (χ4n) is 2.23. The molecule has 1 amide bonds. The van der Waals surface area contributed by atoms with E-state index in [0.717, 1.165) is 25.3 Å². The molecule has 1 aliphatic carbocycles. The number of nitro groups is 1. The lowest BCUT2D eigenvalue weighted by Gasteiger charge is -2.17. The zero-order valence-corrected chi connectivity index (χ0v) is 11.6. The van der Waals surface area contributed by atoms with Gasteiger partial charge in [0.1, 0.15) is 11.4 Å². The number of hydrogen-bond acceptors (Lipinski definition) is 3. The highest BCUT2D eigenvalue weighted by atomic mass is 19.1. The van der Waals surface area contributed by atoms with Crippen molar-refractivity contribution in [3.05, 3.63) is 39.4 Å². The lowest BCUT2D eigenvalue weighted by Crippen LogP contribution is -2.35. The first kappa shape index (κ1) is 15.3. The molecule has 1 aromatic rings. The highest BCUT2D eigenvalue weighted by Gasteiger charge is 2.29. The van der Waals surface area contributed by atoms with Gasteiger partial charge >= 0.3 is 5.69 Å². The summed E-state index contributed by atoms with van der Waals surface area (Å²) in [6.07, 6.45) is 3.61. The van der Waals surface area contributed by atoms with Gasteiger partial charge in [-0.2, -0.15) is 4.39 Å². The van der Waals surface area contributed by atoms with E-state index in [1.165, 1.54) is 0 Å². The van der Waals surface area contributed by atoms with Gasteiger partial charge in [-0.3, -0.25) is 14.9 Å². The van der Waals surface area contributed by atoms with E-state index in [9.17, 15) is 23.7 Å². The molecule has 0 saturated heterocycles. The molecule has 5 nitrogen and oxygen atoms in total. The first-order chi connectivity index (χ1) is 9.93. The van der Waals surface area contributed by atoms with Gasteiger partial charge in [0, 0.05) is 12.1 Å². The smallest absolute Gasteiger partial charge is 0.305 e. The predicted octanol–water partition coefficient (Wildman–Crippen LogP) is 3.18. The molecular formula is C14H16F2N2O3. The zero-order chi connectivity index (χ0) is 15.6. The average molecular weight is 298 g/mol. The van der Waals surface area contributed by atoms with Crippen molar-refractivity contribution in [3.8, 4) is 0 Å². The molecular weight excluding hydrogens is 282 g/mol. The van der Waals surface area contributed by atoms with Gasteiger partial charge in [-0.1, -0.05) is 19.8 Å². The van der Waals surface area contributed by atoms with Gasteiger partial charge < -0.3 is 5.32 Å². The SMILES string of the molecule is CCC(CC1CC1)NC(=O)c1c(F)ccc([N+](=O)[O-])c1F. The van der Waals surface area contributed by atoms with E-state index in [0.29, 0.717) is 18.4 Å². The third-order valence-corrected chi connectivity index (χ3v) is 3.64. The number of nitrogens with one attached hydrogen (secondary N) is 1. The second-order valence-corrected chi connectivity index (χ2v) is 5.27. The number of halogens is 2. The summed E-state index contributed by atoms with van der Waals surface area (Å²) < 4.78 is 27.6. The van der Waals surface area contributed by atoms with Crippen molar-refractivity contribution in [2.45, 2.75) is 38.6 Å². The fraction of sp³-hybridized carbons (Fsp3) is 0.500. The van der Waals surface area contributed by atoms with E-state index in [1.807, 2.05) is 6.92 Å². The van der Waals surface area contributed by atoms with Crippen LogP contribution < -0.4 is 5.32 Å². The van der Waals surface area contributed by atoms with E-state index in [-0.39, 0.29) is 6.04 Å². The highest BCUT2D eigenvalue weighted by Crippen LogP contribution is 2.34. The van der Waals surface area contributed by atoms with E-state index < -0.39 is 33.7 Å². The number of benzene rings is 1. The van der Waals surface area contributed by atoms with Crippen LogP contribution >= 0.6 is 0 Å². The summed E-state index contributed by atoms with van der Waals surface area (Å²) in [5.41, 5.74) is -1.80. The van der Waals surface area contributed by atoms with Crippen LogP contribution in [0.2, 0.25) is 0 Å². The van der Waals surface area contributed by atoms with Crippen molar-refractivity contribution in [1.29, 1.82) is 0 Å². The summed E-state index contributed by atoms with van der Waals surface area (Å²) in [5.74, 6) is -2.92. The number of nitro benzene ring substituents is 1. The van der Waals surface area contributed by atoms with Crippen molar-refractivity contribution in [1.82, 2.24) is 5.32 Å².